The molecule has 1 aliphatic rings. The van der Waals surface area contributed by atoms with Crippen LogP contribution in [0.15, 0.2) is 246 Å². The topological polar surface area (TPSA) is 38.7 Å². The van der Waals surface area contributed by atoms with Gasteiger partial charge < -0.3 is 0 Å². The Labute approximate surface area is 366 Å². The zero-order valence-corrected chi connectivity index (χ0v) is 34.6. The van der Waals surface area contributed by atoms with Crippen LogP contribution in [-0.2, 0) is 5.41 Å². The van der Waals surface area contributed by atoms with Gasteiger partial charge in [0.1, 0.15) is 0 Å². The molecule has 1 aromatic heterocycles. The molecule has 2 heterocycles. The highest BCUT2D eigenvalue weighted by Crippen LogP contribution is 2.56. The minimum absolute atomic E-state index is 0.457. The molecule has 0 N–H and O–H groups in total. The van der Waals surface area contributed by atoms with E-state index in [2.05, 4.69) is 200 Å². The number of nitrogens with zero attached hydrogens (tertiary/aromatic N) is 3. The van der Waals surface area contributed by atoms with E-state index >= 15 is 0 Å². The van der Waals surface area contributed by atoms with Crippen molar-refractivity contribution in [2.75, 3.05) is 0 Å². The Morgan fingerprint density at radius 1 is 0.258 bits per heavy atom. The Balaban J connectivity index is 0.973. The van der Waals surface area contributed by atoms with Gasteiger partial charge in [0, 0.05) is 26.5 Å². The molecule has 0 saturated carbocycles. The van der Waals surface area contributed by atoms with Crippen LogP contribution in [0.25, 0.3) is 67.5 Å². The third-order valence-corrected chi connectivity index (χ3v) is 13.0. The van der Waals surface area contributed by atoms with Gasteiger partial charge in [-0.05, 0) is 79.9 Å². The summed E-state index contributed by atoms with van der Waals surface area (Å²) < 4.78 is 0. The molecular formula is C58H39N3S. The third kappa shape index (κ3) is 6.81. The molecule has 0 radical (unpaired) electrons. The second-order valence-corrected chi connectivity index (χ2v) is 16.7. The van der Waals surface area contributed by atoms with E-state index in [-0.39, 0.29) is 0 Å². The average Bonchev–Trinajstić information content (AvgIpc) is 3.36. The van der Waals surface area contributed by atoms with E-state index in [1.165, 1.54) is 43.2 Å². The van der Waals surface area contributed by atoms with Gasteiger partial charge in [-0.25, -0.2) is 15.0 Å². The molecule has 0 aliphatic carbocycles. The molecule has 10 aromatic rings. The summed E-state index contributed by atoms with van der Waals surface area (Å²) in [6, 6.07) is 84.3. The monoisotopic (exact) mass is 809 g/mol. The summed E-state index contributed by atoms with van der Waals surface area (Å²) in [6.45, 7) is 0. The van der Waals surface area contributed by atoms with E-state index in [1.54, 1.807) is 0 Å². The molecule has 0 atom stereocenters. The third-order valence-electron chi connectivity index (χ3n) is 11.9. The van der Waals surface area contributed by atoms with Gasteiger partial charge in [-0.1, -0.05) is 224 Å². The molecule has 292 valence electrons. The van der Waals surface area contributed by atoms with Crippen molar-refractivity contribution in [2.24, 2.45) is 0 Å². The van der Waals surface area contributed by atoms with Gasteiger partial charge in [0.15, 0.2) is 17.5 Å². The summed E-state index contributed by atoms with van der Waals surface area (Å²) in [7, 11) is 0. The smallest absolute Gasteiger partial charge is 0.164 e. The van der Waals surface area contributed by atoms with E-state index < -0.39 is 5.41 Å². The van der Waals surface area contributed by atoms with Gasteiger partial charge in [0.25, 0.3) is 0 Å². The molecule has 0 unspecified atom stereocenters. The molecule has 0 spiro atoms. The van der Waals surface area contributed by atoms with Gasteiger partial charge >= 0.3 is 0 Å². The number of hydrogen-bond donors (Lipinski definition) is 0. The second kappa shape index (κ2) is 16.1. The molecular weight excluding hydrogens is 771 g/mol. The van der Waals surface area contributed by atoms with Gasteiger partial charge in [0.05, 0.1) is 5.41 Å². The minimum atomic E-state index is -0.457. The standard InChI is InChI=1S/C58H39N3S/c1-5-17-40(18-6-1)41-31-33-43(34-32-41)56-59-55(42-19-7-2-8-20-42)60-57(61-56)48-24-16-23-46(38-48)44-21-15-22-45(37-44)47-35-36-52-54(39-47)62-53-30-14-13-29-51(53)58(52,49-25-9-3-10-26-49)50-27-11-4-12-28-50/h1-39H. The first-order valence-corrected chi connectivity index (χ1v) is 21.7. The van der Waals surface area contributed by atoms with Crippen molar-refractivity contribution < 1.29 is 0 Å². The molecule has 3 nitrogen and oxygen atoms in total. The van der Waals surface area contributed by atoms with Crippen LogP contribution in [-0.4, -0.2) is 15.0 Å². The first-order valence-electron chi connectivity index (χ1n) is 20.9. The fraction of sp³-hybridized carbons (Fsp3) is 0.0172. The van der Waals surface area contributed by atoms with Crippen LogP contribution < -0.4 is 0 Å². The number of rotatable bonds is 8. The lowest BCUT2D eigenvalue weighted by Crippen LogP contribution is -2.34. The SMILES string of the molecule is c1ccc(-c2ccc(-c3nc(-c4ccccc4)nc(-c4cccc(-c5cccc(-c6ccc7c(c6)Sc6ccccc6C7(c6ccccc6)c6ccccc6)c5)c4)n3)cc2)cc1. The normalized spacial score (nSPS) is 12.6. The molecule has 0 bridgehead atoms. The maximum atomic E-state index is 5.09. The van der Waals surface area contributed by atoms with Gasteiger partial charge in [-0.15, -0.1) is 0 Å². The Morgan fingerprint density at radius 3 is 1.23 bits per heavy atom. The summed E-state index contributed by atoms with van der Waals surface area (Å²) in [4.78, 5) is 17.7. The van der Waals surface area contributed by atoms with Crippen LogP contribution in [0, 0.1) is 0 Å². The summed E-state index contributed by atoms with van der Waals surface area (Å²) >= 11 is 1.86. The zero-order chi connectivity index (χ0) is 41.3. The van der Waals surface area contributed by atoms with E-state index in [0.717, 1.165) is 38.9 Å². The summed E-state index contributed by atoms with van der Waals surface area (Å²) in [5.74, 6) is 1.91. The fourth-order valence-electron chi connectivity index (χ4n) is 8.90. The van der Waals surface area contributed by atoms with Crippen LogP contribution in [0.2, 0.25) is 0 Å². The van der Waals surface area contributed by atoms with Crippen molar-refractivity contribution in [3.05, 3.63) is 259 Å². The maximum absolute atomic E-state index is 5.09. The average molecular weight is 810 g/mol. The molecule has 62 heavy (non-hydrogen) atoms. The van der Waals surface area contributed by atoms with Crippen molar-refractivity contribution in [1.82, 2.24) is 15.0 Å². The lowest BCUT2D eigenvalue weighted by Gasteiger charge is -2.42. The number of aromatic nitrogens is 3. The van der Waals surface area contributed by atoms with Crippen LogP contribution >= 0.6 is 11.8 Å². The second-order valence-electron chi connectivity index (χ2n) is 15.6. The largest absolute Gasteiger partial charge is 0.208 e. The summed E-state index contributed by atoms with van der Waals surface area (Å²) in [5, 5.41) is 0. The highest BCUT2D eigenvalue weighted by Gasteiger charge is 2.44. The van der Waals surface area contributed by atoms with Crippen molar-refractivity contribution in [2.45, 2.75) is 15.2 Å². The maximum Gasteiger partial charge on any atom is 0.164 e. The summed E-state index contributed by atoms with van der Waals surface area (Å²) in [6.07, 6.45) is 0. The van der Waals surface area contributed by atoms with Crippen molar-refractivity contribution in [3.8, 4) is 67.5 Å². The quantitative estimate of drug-likeness (QED) is 0.153. The highest BCUT2D eigenvalue weighted by atomic mass is 32.2. The van der Waals surface area contributed by atoms with E-state index in [0.29, 0.717) is 17.5 Å². The van der Waals surface area contributed by atoms with E-state index in [1.807, 2.05) is 48.2 Å². The van der Waals surface area contributed by atoms with Crippen LogP contribution in [0.3, 0.4) is 0 Å². The van der Waals surface area contributed by atoms with Crippen LogP contribution in [0.4, 0.5) is 0 Å². The molecule has 0 fully saturated rings. The number of fused-ring (bicyclic) bond motifs is 2. The molecule has 1 aliphatic heterocycles. The predicted octanol–water partition coefficient (Wildman–Crippen LogP) is 14.7. The number of hydrogen-bond acceptors (Lipinski definition) is 4. The van der Waals surface area contributed by atoms with E-state index in [4.69, 9.17) is 15.0 Å². The lowest BCUT2D eigenvalue weighted by molar-refractivity contribution is 0.703. The molecule has 0 saturated heterocycles. The van der Waals surface area contributed by atoms with Crippen LogP contribution in [0.5, 0.6) is 0 Å². The molecule has 0 amide bonds. The van der Waals surface area contributed by atoms with Crippen molar-refractivity contribution >= 4 is 11.8 Å². The fourth-order valence-corrected chi connectivity index (χ4v) is 10.1. The first kappa shape index (κ1) is 37.3. The minimum Gasteiger partial charge on any atom is -0.208 e. The van der Waals surface area contributed by atoms with Crippen LogP contribution in [0.1, 0.15) is 22.3 Å². The van der Waals surface area contributed by atoms with Gasteiger partial charge in [0.2, 0.25) is 0 Å². The first-order chi connectivity index (χ1) is 30.7. The van der Waals surface area contributed by atoms with Crippen molar-refractivity contribution in [1.29, 1.82) is 0 Å². The Morgan fingerprint density at radius 2 is 0.629 bits per heavy atom. The Kier molecular flexibility index (Phi) is 9.68. The number of benzene rings is 9. The Hall–Kier alpha value is -7.66. The molecule has 11 rings (SSSR count). The Bertz CT molecular complexity index is 3150. The predicted molar refractivity (Wildman–Crippen MR) is 255 cm³/mol. The van der Waals surface area contributed by atoms with Gasteiger partial charge in [-0.2, -0.15) is 0 Å². The van der Waals surface area contributed by atoms with Gasteiger partial charge in [-0.3, -0.25) is 0 Å². The zero-order valence-electron chi connectivity index (χ0n) is 33.8. The van der Waals surface area contributed by atoms with Crippen molar-refractivity contribution in [3.63, 3.8) is 0 Å². The van der Waals surface area contributed by atoms with E-state index in [9.17, 15) is 0 Å². The molecule has 4 heteroatoms. The summed E-state index contributed by atoms with van der Waals surface area (Å²) in [5.41, 5.74) is 14.3. The molecule has 9 aromatic carbocycles. The highest BCUT2D eigenvalue weighted by molar-refractivity contribution is 7.99. The lowest BCUT2D eigenvalue weighted by atomic mass is 9.64.